The van der Waals surface area contributed by atoms with Crippen LogP contribution in [0, 0.1) is 13.8 Å². The molecule has 1 amide bonds. The highest BCUT2D eigenvalue weighted by molar-refractivity contribution is 6.28. The summed E-state index contributed by atoms with van der Waals surface area (Å²) < 4.78 is 12.1. The quantitative estimate of drug-likeness (QED) is 0.381. The fourth-order valence-corrected chi connectivity index (χ4v) is 3.31. The molecule has 0 saturated heterocycles. The van der Waals surface area contributed by atoms with Crippen LogP contribution in [0.4, 0.5) is 21.1 Å². The van der Waals surface area contributed by atoms with Gasteiger partial charge in [-0.1, -0.05) is 12.1 Å². The van der Waals surface area contributed by atoms with Crippen molar-refractivity contribution in [3.63, 3.8) is 0 Å². The number of rotatable bonds is 3. The minimum atomic E-state index is -0.717. The number of hydrogen-bond donors (Lipinski definition) is 0. The summed E-state index contributed by atoms with van der Waals surface area (Å²) in [4.78, 5) is 35.3. The summed E-state index contributed by atoms with van der Waals surface area (Å²) in [5.74, 6) is 0.335. The van der Waals surface area contributed by atoms with Crippen molar-refractivity contribution in [2.75, 3.05) is 4.90 Å². The molecule has 0 spiro atoms. The summed E-state index contributed by atoms with van der Waals surface area (Å²) in [5.41, 5.74) is 2.04. The number of halogens is 1. The smallest absolute Gasteiger partial charge is 0.435 e. The molecule has 0 bridgehead atoms. The van der Waals surface area contributed by atoms with Gasteiger partial charge >= 0.3 is 12.2 Å². The first-order valence-corrected chi connectivity index (χ1v) is 11.4. The van der Waals surface area contributed by atoms with E-state index in [2.05, 4.69) is 15.1 Å². The van der Waals surface area contributed by atoms with Gasteiger partial charge in [0.1, 0.15) is 11.2 Å². The van der Waals surface area contributed by atoms with Gasteiger partial charge in [-0.25, -0.2) is 19.5 Å². The lowest BCUT2D eigenvalue weighted by Crippen LogP contribution is -2.35. The summed E-state index contributed by atoms with van der Waals surface area (Å²) in [7, 11) is 0. The van der Waals surface area contributed by atoms with E-state index in [4.69, 9.17) is 21.1 Å². The third kappa shape index (κ3) is 6.57. The molecule has 35 heavy (non-hydrogen) atoms. The molecule has 0 radical (unpaired) electrons. The Balaban J connectivity index is 1.97. The SMILES string of the molecule is Cc1nc(Cl)nc(N(C(=O)OC(C)(C)C)c2ccc(-c3cnn(C(=O)OC(C)(C)C)c3)cc2)c1C. The molecule has 1 aromatic carbocycles. The second-order valence-electron chi connectivity index (χ2n) is 10.0. The molecule has 0 aliphatic carbocycles. The fraction of sp³-hybridized carbons (Fsp3) is 0.400. The van der Waals surface area contributed by atoms with Gasteiger partial charge in [-0.3, -0.25) is 0 Å². The van der Waals surface area contributed by atoms with Crippen molar-refractivity contribution < 1.29 is 19.1 Å². The van der Waals surface area contributed by atoms with Crippen LogP contribution in [-0.4, -0.2) is 43.1 Å². The van der Waals surface area contributed by atoms with Gasteiger partial charge in [0.05, 0.1) is 11.9 Å². The molecule has 9 nitrogen and oxygen atoms in total. The summed E-state index contributed by atoms with van der Waals surface area (Å²) in [5, 5.41) is 4.14. The van der Waals surface area contributed by atoms with E-state index < -0.39 is 23.4 Å². The molecule has 0 atom stereocenters. The van der Waals surface area contributed by atoms with Gasteiger partial charge in [-0.2, -0.15) is 14.8 Å². The molecule has 0 N–H and O–H groups in total. The Morgan fingerprint density at radius 3 is 2.09 bits per heavy atom. The zero-order valence-corrected chi connectivity index (χ0v) is 22.0. The van der Waals surface area contributed by atoms with Crippen LogP contribution in [0.5, 0.6) is 0 Å². The molecule has 10 heteroatoms. The first-order valence-electron chi connectivity index (χ1n) is 11.1. The summed E-state index contributed by atoms with van der Waals surface area (Å²) in [6.07, 6.45) is 2.00. The Kier molecular flexibility index (Phi) is 7.21. The number of aryl methyl sites for hydroxylation is 1. The number of carbonyl (C=O) groups excluding carboxylic acids is 2. The Morgan fingerprint density at radius 1 is 0.914 bits per heavy atom. The second kappa shape index (κ2) is 9.65. The fourth-order valence-electron chi connectivity index (χ4n) is 3.10. The van der Waals surface area contributed by atoms with Gasteiger partial charge in [0.15, 0.2) is 5.82 Å². The summed E-state index contributed by atoms with van der Waals surface area (Å²) in [6, 6.07) is 7.14. The van der Waals surface area contributed by atoms with E-state index >= 15 is 0 Å². The van der Waals surface area contributed by atoms with Gasteiger partial charge in [0, 0.05) is 23.0 Å². The zero-order valence-electron chi connectivity index (χ0n) is 21.2. The van der Waals surface area contributed by atoms with Crippen LogP contribution in [0.25, 0.3) is 11.1 Å². The van der Waals surface area contributed by atoms with E-state index in [1.54, 1.807) is 73.0 Å². The van der Waals surface area contributed by atoms with Crippen molar-refractivity contribution in [1.29, 1.82) is 0 Å². The van der Waals surface area contributed by atoms with Gasteiger partial charge in [-0.05, 0) is 84.7 Å². The highest BCUT2D eigenvalue weighted by atomic mass is 35.5. The Bertz CT molecular complexity index is 1240. The molecule has 3 rings (SSSR count). The lowest BCUT2D eigenvalue weighted by Gasteiger charge is -2.28. The molecule has 2 heterocycles. The van der Waals surface area contributed by atoms with E-state index in [-0.39, 0.29) is 5.28 Å². The van der Waals surface area contributed by atoms with Crippen molar-refractivity contribution in [2.45, 2.75) is 66.6 Å². The Hall–Kier alpha value is -3.46. The highest BCUT2D eigenvalue weighted by Crippen LogP contribution is 2.32. The molecule has 186 valence electrons. The van der Waals surface area contributed by atoms with E-state index in [0.717, 1.165) is 10.2 Å². The molecule has 0 aliphatic heterocycles. The number of anilines is 2. The number of benzene rings is 1. The molecule has 0 aliphatic rings. The molecule has 0 fully saturated rings. The van der Waals surface area contributed by atoms with Gasteiger partial charge in [0.25, 0.3) is 0 Å². The lowest BCUT2D eigenvalue weighted by atomic mass is 10.1. The number of hydrogen-bond acceptors (Lipinski definition) is 7. The summed E-state index contributed by atoms with van der Waals surface area (Å²) >= 11 is 6.12. The molecule has 3 aromatic rings. The largest absolute Gasteiger partial charge is 0.443 e. The first kappa shape index (κ1) is 26.2. The number of nitrogens with zero attached hydrogens (tertiary/aromatic N) is 5. The number of aromatic nitrogens is 4. The molecular formula is C25H30ClN5O4. The third-order valence-electron chi connectivity index (χ3n) is 4.75. The maximum absolute atomic E-state index is 13.2. The second-order valence-corrected chi connectivity index (χ2v) is 10.4. The Labute approximate surface area is 210 Å². The first-order chi connectivity index (χ1) is 16.1. The average molecular weight is 500 g/mol. The third-order valence-corrected chi connectivity index (χ3v) is 4.92. The van der Waals surface area contributed by atoms with Gasteiger partial charge in [0.2, 0.25) is 5.28 Å². The van der Waals surface area contributed by atoms with Crippen LogP contribution in [0.15, 0.2) is 36.7 Å². The molecule has 2 aromatic heterocycles. The standard InChI is InChI=1S/C25H30ClN5O4/c1-15-16(2)28-21(26)29-20(15)31(23(33)35-25(6,7)8)19-11-9-17(10-12-19)18-13-27-30(14-18)22(32)34-24(3,4)5/h9-14H,1-8H3. The number of ether oxygens (including phenoxy) is 2. The maximum atomic E-state index is 13.2. The van der Waals surface area contributed by atoms with Crippen LogP contribution >= 0.6 is 11.6 Å². The average Bonchev–Trinajstić information content (AvgIpc) is 3.20. The lowest BCUT2D eigenvalue weighted by molar-refractivity contribution is 0.0513. The normalized spacial score (nSPS) is 11.8. The highest BCUT2D eigenvalue weighted by Gasteiger charge is 2.28. The predicted molar refractivity (Wildman–Crippen MR) is 134 cm³/mol. The van der Waals surface area contributed by atoms with Crippen LogP contribution < -0.4 is 4.90 Å². The predicted octanol–water partition coefficient (Wildman–Crippen LogP) is 6.47. The zero-order chi connectivity index (χ0) is 26.1. The van der Waals surface area contributed by atoms with E-state index in [9.17, 15) is 9.59 Å². The van der Waals surface area contributed by atoms with E-state index in [1.165, 1.54) is 4.90 Å². The van der Waals surface area contributed by atoms with Crippen LogP contribution in [0.2, 0.25) is 5.28 Å². The van der Waals surface area contributed by atoms with Crippen molar-refractivity contribution in [2.24, 2.45) is 0 Å². The molecular weight excluding hydrogens is 470 g/mol. The summed E-state index contributed by atoms with van der Waals surface area (Å²) in [6.45, 7) is 14.4. The number of carbonyl (C=O) groups is 2. The molecule has 0 saturated carbocycles. The van der Waals surface area contributed by atoms with Gasteiger partial charge < -0.3 is 9.47 Å². The van der Waals surface area contributed by atoms with Crippen molar-refractivity contribution in [1.82, 2.24) is 19.7 Å². The van der Waals surface area contributed by atoms with E-state index in [0.29, 0.717) is 28.3 Å². The number of amides is 1. The molecule has 0 unspecified atom stereocenters. The maximum Gasteiger partial charge on any atom is 0.435 e. The van der Waals surface area contributed by atoms with Crippen LogP contribution in [0.1, 0.15) is 52.8 Å². The monoisotopic (exact) mass is 499 g/mol. The van der Waals surface area contributed by atoms with Crippen LogP contribution in [-0.2, 0) is 9.47 Å². The Morgan fingerprint density at radius 2 is 1.51 bits per heavy atom. The minimum Gasteiger partial charge on any atom is -0.443 e. The van der Waals surface area contributed by atoms with Crippen molar-refractivity contribution in [3.8, 4) is 11.1 Å². The minimum absolute atomic E-state index is 0.0304. The van der Waals surface area contributed by atoms with Gasteiger partial charge in [-0.15, -0.1) is 0 Å². The van der Waals surface area contributed by atoms with Crippen molar-refractivity contribution >= 4 is 35.3 Å². The van der Waals surface area contributed by atoms with E-state index in [1.807, 2.05) is 19.1 Å². The van der Waals surface area contributed by atoms with Crippen LogP contribution in [0.3, 0.4) is 0 Å². The van der Waals surface area contributed by atoms with Crippen molar-refractivity contribution in [3.05, 3.63) is 53.2 Å². The topological polar surface area (TPSA) is 99.4 Å².